The number of methoxy groups -OCH3 is 1. The van der Waals surface area contributed by atoms with E-state index in [1.165, 1.54) is 5.69 Å². The molecule has 1 N–H and O–H groups in total. The lowest BCUT2D eigenvalue weighted by atomic mass is 9.98. The summed E-state index contributed by atoms with van der Waals surface area (Å²) in [4.78, 5) is 17.2. The Balaban J connectivity index is 1.48. The van der Waals surface area contributed by atoms with Crippen LogP contribution in [0.3, 0.4) is 0 Å². The van der Waals surface area contributed by atoms with Crippen molar-refractivity contribution in [2.45, 2.75) is 33.0 Å². The minimum atomic E-state index is -0.165. The van der Waals surface area contributed by atoms with E-state index in [1.54, 1.807) is 13.2 Å². The number of nitrogens with zero attached hydrogens (tertiary/aromatic N) is 3. The molecule has 0 bridgehead atoms. The number of likely N-dealkylation sites (N-methyl/N-ethyl adjacent to an activating group) is 1. The molecule has 1 aliphatic rings. The van der Waals surface area contributed by atoms with Crippen molar-refractivity contribution in [2.24, 2.45) is 0 Å². The summed E-state index contributed by atoms with van der Waals surface area (Å²) in [5.41, 5.74) is 2.35. The Morgan fingerprint density at radius 1 is 1.12 bits per heavy atom. The molecule has 0 aliphatic carbocycles. The molecule has 7 nitrogen and oxygen atoms in total. The third-order valence-electron chi connectivity index (χ3n) is 6.42. The number of furan rings is 1. The maximum absolute atomic E-state index is 12.5. The Kier molecular flexibility index (Phi) is 7.52. The second-order valence-electron chi connectivity index (χ2n) is 8.29. The summed E-state index contributed by atoms with van der Waals surface area (Å²) in [7, 11) is 1.71. The molecule has 4 rings (SSSR count). The first-order valence-corrected chi connectivity index (χ1v) is 11.8. The Labute approximate surface area is 195 Å². The van der Waals surface area contributed by atoms with Crippen LogP contribution in [0.2, 0.25) is 0 Å². The number of amides is 1. The standard InChI is InChI=1S/C26H34N4O3/c1-4-28(5-2)16-14-27-26(31)24-13-12-20(33-24)19-30-18-17-29-15-8-10-22(29)25(30)21-9-6-7-11-23(21)32-3/h6-13,15,25H,4-5,14,16-19H2,1-3H3,(H,27,31). The highest BCUT2D eigenvalue weighted by Crippen LogP contribution is 2.38. The van der Waals surface area contributed by atoms with Crippen molar-refractivity contribution in [3.05, 3.63) is 77.5 Å². The van der Waals surface area contributed by atoms with Crippen molar-refractivity contribution >= 4 is 5.91 Å². The van der Waals surface area contributed by atoms with E-state index in [0.717, 1.165) is 49.8 Å². The molecule has 33 heavy (non-hydrogen) atoms. The first-order chi connectivity index (χ1) is 16.1. The van der Waals surface area contributed by atoms with Crippen molar-refractivity contribution in [3.8, 4) is 5.75 Å². The molecule has 1 aromatic carbocycles. The van der Waals surface area contributed by atoms with Gasteiger partial charge in [-0.15, -0.1) is 0 Å². The van der Waals surface area contributed by atoms with Gasteiger partial charge in [0.1, 0.15) is 11.5 Å². The number of rotatable bonds is 10. The van der Waals surface area contributed by atoms with Crippen molar-refractivity contribution < 1.29 is 13.9 Å². The minimum Gasteiger partial charge on any atom is -0.496 e. The molecule has 2 aromatic heterocycles. The lowest BCUT2D eigenvalue weighted by Gasteiger charge is -2.37. The number of hydrogen-bond donors (Lipinski definition) is 1. The second-order valence-corrected chi connectivity index (χ2v) is 8.29. The van der Waals surface area contributed by atoms with Crippen LogP contribution in [-0.4, -0.2) is 60.1 Å². The molecule has 3 aromatic rings. The monoisotopic (exact) mass is 450 g/mol. The molecule has 0 fully saturated rings. The Bertz CT molecular complexity index is 1050. The first kappa shape index (κ1) is 23.1. The summed E-state index contributed by atoms with van der Waals surface area (Å²) in [5, 5.41) is 2.97. The zero-order chi connectivity index (χ0) is 23.2. The smallest absolute Gasteiger partial charge is 0.287 e. The normalized spacial score (nSPS) is 16.1. The van der Waals surface area contributed by atoms with Crippen LogP contribution >= 0.6 is 0 Å². The minimum absolute atomic E-state index is 0.0429. The van der Waals surface area contributed by atoms with Crippen LogP contribution in [0, 0.1) is 0 Å². The molecule has 1 aliphatic heterocycles. The van der Waals surface area contributed by atoms with E-state index in [-0.39, 0.29) is 11.9 Å². The van der Waals surface area contributed by atoms with Gasteiger partial charge in [0.2, 0.25) is 0 Å². The largest absolute Gasteiger partial charge is 0.496 e. The number of ether oxygens (including phenoxy) is 1. The van der Waals surface area contributed by atoms with Crippen LogP contribution in [0.25, 0.3) is 0 Å². The van der Waals surface area contributed by atoms with Crippen molar-refractivity contribution in [2.75, 3.05) is 39.8 Å². The van der Waals surface area contributed by atoms with Crippen molar-refractivity contribution in [1.82, 2.24) is 19.7 Å². The molecule has 1 amide bonds. The summed E-state index contributed by atoms with van der Waals surface area (Å²) >= 11 is 0. The lowest BCUT2D eigenvalue weighted by molar-refractivity contribution is 0.0914. The van der Waals surface area contributed by atoms with Crippen LogP contribution < -0.4 is 10.1 Å². The molecule has 1 unspecified atom stereocenters. The molecule has 3 heterocycles. The van der Waals surface area contributed by atoms with Gasteiger partial charge in [-0.2, -0.15) is 0 Å². The van der Waals surface area contributed by atoms with E-state index in [9.17, 15) is 4.79 Å². The fourth-order valence-electron chi connectivity index (χ4n) is 4.59. The van der Waals surface area contributed by atoms with E-state index >= 15 is 0 Å². The molecule has 0 spiro atoms. The number of carbonyl (C=O) groups excluding carboxylic acids is 1. The lowest BCUT2D eigenvalue weighted by Crippen LogP contribution is -2.38. The van der Waals surface area contributed by atoms with Gasteiger partial charge in [-0.1, -0.05) is 32.0 Å². The zero-order valence-electron chi connectivity index (χ0n) is 19.8. The SMILES string of the molecule is CCN(CC)CCNC(=O)c1ccc(CN2CCn3cccc3C2c2ccccc2OC)o1. The number of aromatic nitrogens is 1. The average Bonchev–Trinajstić information content (AvgIpc) is 3.51. The molecule has 0 saturated carbocycles. The Hall–Kier alpha value is -3.03. The summed E-state index contributed by atoms with van der Waals surface area (Å²) in [5.74, 6) is 1.85. The highest BCUT2D eigenvalue weighted by Gasteiger charge is 2.31. The molecular formula is C26H34N4O3. The summed E-state index contributed by atoms with van der Waals surface area (Å²) in [6.45, 7) is 10.0. The molecule has 0 saturated heterocycles. The third kappa shape index (κ3) is 5.15. The molecular weight excluding hydrogens is 416 g/mol. The van der Waals surface area contributed by atoms with Crippen LogP contribution in [-0.2, 0) is 13.1 Å². The predicted molar refractivity (Wildman–Crippen MR) is 129 cm³/mol. The Morgan fingerprint density at radius 2 is 1.94 bits per heavy atom. The van der Waals surface area contributed by atoms with Gasteiger partial charge in [-0.25, -0.2) is 0 Å². The molecule has 176 valence electrons. The van der Waals surface area contributed by atoms with Gasteiger partial charge >= 0.3 is 0 Å². The number of nitrogens with one attached hydrogen (secondary N) is 1. The van der Waals surface area contributed by atoms with Crippen molar-refractivity contribution in [1.29, 1.82) is 0 Å². The number of benzene rings is 1. The van der Waals surface area contributed by atoms with Crippen LogP contribution in [0.1, 0.15) is 47.5 Å². The number of hydrogen-bond acceptors (Lipinski definition) is 5. The number of carbonyl (C=O) groups is 1. The van der Waals surface area contributed by atoms with Crippen LogP contribution in [0.4, 0.5) is 0 Å². The van der Waals surface area contributed by atoms with E-state index < -0.39 is 0 Å². The highest BCUT2D eigenvalue weighted by molar-refractivity contribution is 5.91. The van der Waals surface area contributed by atoms with E-state index in [4.69, 9.17) is 9.15 Å². The molecule has 7 heteroatoms. The maximum Gasteiger partial charge on any atom is 0.287 e. The van der Waals surface area contributed by atoms with E-state index in [2.05, 4.69) is 57.9 Å². The zero-order valence-corrected chi connectivity index (χ0v) is 19.8. The summed E-state index contributed by atoms with van der Waals surface area (Å²) in [6.07, 6.45) is 2.13. The fourth-order valence-corrected chi connectivity index (χ4v) is 4.59. The highest BCUT2D eigenvalue weighted by atomic mass is 16.5. The third-order valence-corrected chi connectivity index (χ3v) is 6.42. The van der Waals surface area contributed by atoms with Crippen LogP contribution in [0.15, 0.2) is 59.1 Å². The topological polar surface area (TPSA) is 62.9 Å². The van der Waals surface area contributed by atoms with E-state index in [1.807, 2.05) is 24.3 Å². The van der Waals surface area contributed by atoms with Gasteiger partial charge in [-0.05, 0) is 43.4 Å². The fraction of sp³-hybridized carbons (Fsp3) is 0.423. The van der Waals surface area contributed by atoms with Crippen molar-refractivity contribution in [3.63, 3.8) is 0 Å². The number of fused-ring (bicyclic) bond motifs is 1. The van der Waals surface area contributed by atoms with Gasteiger partial charge in [0.25, 0.3) is 5.91 Å². The predicted octanol–water partition coefficient (Wildman–Crippen LogP) is 3.77. The quantitative estimate of drug-likeness (QED) is 0.510. The first-order valence-electron chi connectivity index (χ1n) is 11.8. The van der Waals surface area contributed by atoms with Gasteiger partial charge in [0.15, 0.2) is 5.76 Å². The average molecular weight is 451 g/mol. The second kappa shape index (κ2) is 10.7. The summed E-state index contributed by atoms with van der Waals surface area (Å²) in [6, 6.07) is 16.1. The molecule has 0 radical (unpaired) electrons. The maximum atomic E-state index is 12.5. The number of para-hydroxylation sites is 1. The van der Waals surface area contributed by atoms with Gasteiger partial charge in [0, 0.05) is 43.6 Å². The van der Waals surface area contributed by atoms with E-state index in [0.29, 0.717) is 18.8 Å². The summed E-state index contributed by atoms with van der Waals surface area (Å²) < 4.78 is 13.9. The van der Waals surface area contributed by atoms with Crippen LogP contribution in [0.5, 0.6) is 5.75 Å². The molecule has 1 atom stereocenters. The van der Waals surface area contributed by atoms with Gasteiger partial charge in [0.05, 0.1) is 19.7 Å². The van der Waals surface area contributed by atoms with Gasteiger partial charge < -0.3 is 23.9 Å². The Morgan fingerprint density at radius 3 is 2.73 bits per heavy atom. The van der Waals surface area contributed by atoms with Gasteiger partial charge in [-0.3, -0.25) is 9.69 Å².